The molecule has 0 aromatic carbocycles. The van der Waals surface area contributed by atoms with Gasteiger partial charge in [0.15, 0.2) is 0 Å². The molecular weight excluding hydrogens is 196 g/mol. The van der Waals surface area contributed by atoms with Gasteiger partial charge in [0.25, 0.3) is 0 Å². The van der Waals surface area contributed by atoms with E-state index in [0.717, 1.165) is 5.57 Å². The number of aliphatic hydroxyl groups excluding tert-OH is 1. The highest BCUT2D eigenvalue weighted by atomic mass is 16.3. The summed E-state index contributed by atoms with van der Waals surface area (Å²) in [7, 11) is 0. The van der Waals surface area contributed by atoms with E-state index >= 15 is 0 Å². The predicted molar refractivity (Wildman–Crippen MR) is 70.2 cm³/mol. The Bertz CT molecular complexity index is 320. The Hall–Kier alpha value is -0.560. The Kier molecular flexibility index (Phi) is 3.40. The van der Waals surface area contributed by atoms with Crippen molar-refractivity contribution in [1.82, 2.24) is 0 Å². The lowest BCUT2D eigenvalue weighted by atomic mass is 9.67. The highest BCUT2D eigenvalue weighted by Gasteiger charge is 2.37. The zero-order chi connectivity index (χ0) is 12.7. The standard InChI is InChI=1S/C15H26O/c1-10-8-11(14(2,3)4)13(16)12(9-10)15(5,6)7/h8-9,11,13,16H,1-7H3. The molecular formula is C15H26O. The van der Waals surface area contributed by atoms with E-state index in [4.69, 9.17) is 0 Å². The minimum Gasteiger partial charge on any atom is -0.388 e. The van der Waals surface area contributed by atoms with Crippen LogP contribution in [0, 0.1) is 16.7 Å². The molecule has 0 saturated carbocycles. The van der Waals surface area contributed by atoms with Gasteiger partial charge in [-0.2, -0.15) is 0 Å². The lowest BCUT2D eigenvalue weighted by Gasteiger charge is -2.40. The molecule has 2 atom stereocenters. The molecule has 0 aromatic rings. The first-order valence-corrected chi connectivity index (χ1v) is 6.12. The van der Waals surface area contributed by atoms with Gasteiger partial charge < -0.3 is 5.11 Å². The maximum absolute atomic E-state index is 10.5. The van der Waals surface area contributed by atoms with Crippen molar-refractivity contribution in [3.05, 3.63) is 23.3 Å². The first kappa shape index (κ1) is 13.5. The van der Waals surface area contributed by atoms with Gasteiger partial charge in [-0.05, 0) is 23.3 Å². The van der Waals surface area contributed by atoms with Gasteiger partial charge in [0.1, 0.15) is 0 Å². The van der Waals surface area contributed by atoms with E-state index < -0.39 is 0 Å². The predicted octanol–water partition coefficient (Wildman–Crippen LogP) is 3.94. The highest BCUT2D eigenvalue weighted by molar-refractivity contribution is 5.35. The largest absolute Gasteiger partial charge is 0.388 e. The Morgan fingerprint density at radius 2 is 1.56 bits per heavy atom. The molecule has 0 amide bonds. The van der Waals surface area contributed by atoms with Gasteiger partial charge in [0, 0.05) is 5.92 Å². The smallest absolute Gasteiger partial charge is 0.0826 e. The molecule has 0 heterocycles. The van der Waals surface area contributed by atoms with Gasteiger partial charge in [-0.3, -0.25) is 0 Å². The average molecular weight is 222 g/mol. The van der Waals surface area contributed by atoms with E-state index in [1.165, 1.54) is 5.57 Å². The average Bonchev–Trinajstić information content (AvgIpc) is 2.04. The molecule has 0 spiro atoms. The molecule has 1 aliphatic carbocycles. The van der Waals surface area contributed by atoms with E-state index in [1.54, 1.807) is 0 Å². The summed E-state index contributed by atoms with van der Waals surface area (Å²) in [6.07, 6.45) is 4.01. The summed E-state index contributed by atoms with van der Waals surface area (Å²) in [6.45, 7) is 15.2. The number of aliphatic hydroxyl groups is 1. The first-order valence-electron chi connectivity index (χ1n) is 6.12. The topological polar surface area (TPSA) is 20.2 Å². The third-order valence-electron chi connectivity index (χ3n) is 3.35. The summed E-state index contributed by atoms with van der Waals surface area (Å²) in [5.41, 5.74) is 2.58. The molecule has 1 heteroatoms. The molecule has 0 aliphatic heterocycles. The van der Waals surface area contributed by atoms with Crippen LogP contribution < -0.4 is 0 Å². The quantitative estimate of drug-likeness (QED) is 0.658. The molecule has 0 fully saturated rings. The molecule has 16 heavy (non-hydrogen) atoms. The Morgan fingerprint density at radius 3 is 1.94 bits per heavy atom. The highest BCUT2D eigenvalue weighted by Crippen LogP contribution is 2.42. The second-order valence-corrected chi connectivity index (χ2v) is 7.10. The monoisotopic (exact) mass is 222 g/mol. The van der Waals surface area contributed by atoms with Crippen LogP contribution in [-0.4, -0.2) is 11.2 Å². The fourth-order valence-electron chi connectivity index (χ4n) is 2.33. The maximum Gasteiger partial charge on any atom is 0.0826 e. The van der Waals surface area contributed by atoms with Gasteiger partial charge in [-0.25, -0.2) is 0 Å². The van der Waals surface area contributed by atoms with E-state index in [1.807, 2.05) is 0 Å². The van der Waals surface area contributed by atoms with Crippen LogP contribution in [0.2, 0.25) is 0 Å². The SMILES string of the molecule is CC1=CC(C(C)(C)C)C(O)C(C(C)(C)C)=C1. The molecule has 92 valence electrons. The van der Waals surface area contributed by atoms with Crippen LogP contribution in [0.5, 0.6) is 0 Å². The van der Waals surface area contributed by atoms with Crippen molar-refractivity contribution in [3.63, 3.8) is 0 Å². The van der Waals surface area contributed by atoms with Crippen molar-refractivity contribution in [2.24, 2.45) is 16.7 Å². The molecule has 0 saturated heterocycles. The Labute approximate surface area is 100 Å². The van der Waals surface area contributed by atoms with E-state index in [9.17, 15) is 5.11 Å². The minimum absolute atomic E-state index is 0.0401. The molecule has 2 unspecified atom stereocenters. The summed E-state index contributed by atoms with van der Waals surface area (Å²) >= 11 is 0. The summed E-state index contributed by atoms with van der Waals surface area (Å²) < 4.78 is 0. The zero-order valence-corrected chi connectivity index (χ0v) is 11.8. The fraction of sp³-hybridized carbons (Fsp3) is 0.733. The van der Waals surface area contributed by atoms with Crippen molar-refractivity contribution in [3.8, 4) is 0 Å². The fourth-order valence-corrected chi connectivity index (χ4v) is 2.33. The lowest BCUT2D eigenvalue weighted by molar-refractivity contribution is 0.0819. The van der Waals surface area contributed by atoms with Gasteiger partial charge in [-0.15, -0.1) is 0 Å². The van der Waals surface area contributed by atoms with Crippen LogP contribution >= 0.6 is 0 Å². The third-order valence-corrected chi connectivity index (χ3v) is 3.35. The molecule has 1 rings (SSSR count). The van der Waals surface area contributed by atoms with Gasteiger partial charge in [-0.1, -0.05) is 59.3 Å². The third kappa shape index (κ3) is 2.76. The van der Waals surface area contributed by atoms with Crippen LogP contribution in [0.15, 0.2) is 23.3 Å². The summed E-state index contributed by atoms with van der Waals surface area (Å²) in [6, 6.07) is 0. The van der Waals surface area contributed by atoms with Crippen molar-refractivity contribution in [2.75, 3.05) is 0 Å². The lowest BCUT2D eigenvalue weighted by Crippen LogP contribution is -2.37. The molecule has 1 nitrogen and oxygen atoms in total. The number of rotatable bonds is 0. The molecule has 1 aliphatic rings. The van der Waals surface area contributed by atoms with Crippen molar-refractivity contribution in [2.45, 2.75) is 54.6 Å². The number of hydrogen-bond donors (Lipinski definition) is 1. The van der Waals surface area contributed by atoms with E-state index in [0.29, 0.717) is 0 Å². The molecule has 0 aromatic heterocycles. The van der Waals surface area contributed by atoms with Crippen molar-refractivity contribution >= 4 is 0 Å². The zero-order valence-electron chi connectivity index (χ0n) is 11.8. The molecule has 1 N–H and O–H groups in total. The second-order valence-electron chi connectivity index (χ2n) is 7.10. The Morgan fingerprint density at radius 1 is 1.06 bits per heavy atom. The van der Waals surface area contributed by atoms with Crippen LogP contribution in [0.3, 0.4) is 0 Å². The first-order chi connectivity index (χ1) is 7.03. The molecule has 0 radical (unpaired) electrons. The van der Waals surface area contributed by atoms with Crippen LogP contribution in [0.1, 0.15) is 48.5 Å². The van der Waals surface area contributed by atoms with Crippen LogP contribution in [0.25, 0.3) is 0 Å². The normalized spacial score (nSPS) is 27.5. The van der Waals surface area contributed by atoms with Gasteiger partial charge in [0.05, 0.1) is 6.10 Å². The summed E-state index contributed by atoms with van der Waals surface area (Å²) in [4.78, 5) is 0. The van der Waals surface area contributed by atoms with Crippen LogP contribution in [0.4, 0.5) is 0 Å². The maximum atomic E-state index is 10.5. The van der Waals surface area contributed by atoms with E-state index in [2.05, 4.69) is 60.6 Å². The second kappa shape index (κ2) is 4.03. The van der Waals surface area contributed by atoms with Gasteiger partial charge in [0.2, 0.25) is 0 Å². The van der Waals surface area contributed by atoms with Crippen LogP contribution in [-0.2, 0) is 0 Å². The van der Waals surface area contributed by atoms with Crippen molar-refractivity contribution < 1.29 is 5.11 Å². The molecule has 0 bridgehead atoms. The van der Waals surface area contributed by atoms with E-state index in [-0.39, 0.29) is 22.9 Å². The van der Waals surface area contributed by atoms with Crippen molar-refractivity contribution in [1.29, 1.82) is 0 Å². The Balaban J connectivity index is 3.13. The number of allylic oxidation sites excluding steroid dienone is 2. The summed E-state index contributed by atoms with van der Waals surface area (Å²) in [5, 5.41) is 10.5. The number of hydrogen-bond acceptors (Lipinski definition) is 1. The minimum atomic E-state index is -0.344. The summed E-state index contributed by atoms with van der Waals surface area (Å²) in [5.74, 6) is 0.215. The van der Waals surface area contributed by atoms with Gasteiger partial charge >= 0.3 is 0 Å².